The Balaban J connectivity index is 1.92. The standard InChI is InChI=1S/C23H28N2O/c1-15-11-22-21(16(2)13-23(4,5)25(22)6)12-19(15)14-24-20-9-7-18(8-10-20)17(3)26/h7-12,14,16H,13H2,1-6H3. The maximum absolute atomic E-state index is 11.4. The lowest BCUT2D eigenvalue weighted by Gasteiger charge is -2.45. The van der Waals surface area contributed by atoms with Crippen molar-refractivity contribution in [1.29, 1.82) is 0 Å². The van der Waals surface area contributed by atoms with Gasteiger partial charge in [-0.25, -0.2) is 0 Å². The second kappa shape index (κ2) is 6.71. The van der Waals surface area contributed by atoms with Gasteiger partial charge in [0.15, 0.2) is 5.78 Å². The molecule has 1 atom stereocenters. The molecule has 1 aliphatic rings. The van der Waals surface area contributed by atoms with Crippen LogP contribution in [0.5, 0.6) is 0 Å². The fourth-order valence-corrected chi connectivity index (χ4v) is 3.80. The van der Waals surface area contributed by atoms with Gasteiger partial charge in [0.2, 0.25) is 0 Å². The van der Waals surface area contributed by atoms with Crippen molar-refractivity contribution < 1.29 is 4.79 Å². The molecular weight excluding hydrogens is 320 g/mol. The molecule has 1 unspecified atom stereocenters. The summed E-state index contributed by atoms with van der Waals surface area (Å²) in [5.74, 6) is 0.603. The van der Waals surface area contributed by atoms with E-state index in [0.717, 1.165) is 17.7 Å². The SMILES string of the molecule is CC(=O)c1ccc(N=Cc2cc3c(cc2C)N(C)C(C)(C)CC3C)cc1. The molecule has 0 aromatic heterocycles. The largest absolute Gasteiger partial charge is 0.369 e. The molecule has 1 heterocycles. The second-order valence-electron chi connectivity index (χ2n) is 8.11. The van der Waals surface area contributed by atoms with E-state index in [4.69, 9.17) is 0 Å². The number of hydrogen-bond acceptors (Lipinski definition) is 3. The lowest BCUT2D eigenvalue weighted by atomic mass is 9.79. The van der Waals surface area contributed by atoms with Crippen molar-refractivity contribution in [3.05, 3.63) is 58.7 Å². The molecule has 3 nitrogen and oxygen atoms in total. The van der Waals surface area contributed by atoms with E-state index in [-0.39, 0.29) is 11.3 Å². The number of ketones is 1. The molecule has 0 bridgehead atoms. The summed E-state index contributed by atoms with van der Waals surface area (Å²) in [5.41, 5.74) is 6.85. The first-order chi connectivity index (χ1) is 12.2. The van der Waals surface area contributed by atoms with Crippen LogP contribution in [-0.2, 0) is 0 Å². The van der Waals surface area contributed by atoms with Gasteiger partial charge >= 0.3 is 0 Å². The van der Waals surface area contributed by atoms with Crippen molar-refractivity contribution in [3.8, 4) is 0 Å². The molecule has 0 saturated heterocycles. The van der Waals surface area contributed by atoms with Crippen LogP contribution in [0.4, 0.5) is 11.4 Å². The molecule has 0 spiro atoms. The van der Waals surface area contributed by atoms with Crippen LogP contribution in [0.2, 0.25) is 0 Å². The monoisotopic (exact) mass is 348 g/mol. The van der Waals surface area contributed by atoms with Gasteiger partial charge in [0, 0.05) is 30.1 Å². The summed E-state index contributed by atoms with van der Waals surface area (Å²) < 4.78 is 0. The van der Waals surface area contributed by atoms with E-state index in [0.29, 0.717) is 11.5 Å². The number of Topliss-reactive ketones (excluding diaryl/α,β-unsaturated/α-hetero) is 1. The molecule has 3 heteroatoms. The molecule has 0 N–H and O–H groups in total. The van der Waals surface area contributed by atoms with Crippen molar-refractivity contribution >= 4 is 23.4 Å². The number of fused-ring (bicyclic) bond motifs is 1. The number of anilines is 1. The van der Waals surface area contributed by atoms with Crippen molar-refractivity contribution in [1.82, 2.24) is 0 Å². The van der Waals surface area contributed by atoms with E-state index in [2.05, 4.69) is 56.8 Å². The second-order valence-corrected chi connectivity index (χ2v) is 8.11. The molecule has 136 valence electrons. The van der Waals surface area contributed by atoms with Crippen LogP contribution >= 0.6 is 0 Å². The quantitative estimate of drug-likeness (QED) is 0.529. The number of carbonyl (C=O) groups is 1. The molecule has 2 aromatic rings. The number of carbonyl (C=O) groups excluding carboxylic acids is 1. The Morgan fingerprint density at radius 1 is 1.23 bits per heavy atom. The van der Waals surface area contributed by atoms with Gasteiger partial charge in [-0.3, -0.25) is 9.79 Å². The number of hydrogen-bond donors (Lipinski definition) is 0. The first kappa shape index (κ1) is 18.4. The topological polar surface area (TPSA) is 32.7 Å². The minimum absolute atomic E-state index is 0.0760. The average molecular weight is 348 g/mol. The zero-order chi connectivity index (χ0) is 19.1. The summed E-state index contributed by atoms with van der Waals surface area (Å²) in [6.07, 6.45) is 3.08. The van der Waals surface area contributed by atoms with Gasteiger partial charge in [-0.1, -0.05) is 6.92 Å². The Morgan fingerprint density at radius 3 is 2.50 bits per heavy atom. The summed E-state index contributed by atoms with van der Waals surface area (Å²) in [5, 5.41) is 0. The summed E-state index contributed by atoms with van der Waals surface area (Å²) >= 11 is 0. The highest BCUT2D eigenvalue weighted by Gasteiger charge is 2.34. The minimum atomic E-state index is 0.0760. The molecule has 0 fully saturated rings. The maximum Gasteiger partial charge on any atom is 0.159 e. The minimum Gasteiger partial charge on any atom is -0.369 e. The molecular formula is C23H28N2O. The van der Waals surface area contributed by atoms with Crippen molar-refractivity contribution in [2.45, 2.75) is 52.5 Å². The van der Waals surface area contributed by atoms with Crippen LogP contribution < -0.4 is 4.90 Å². The van der Waals surface area contributed by atoms with Gasteiger partial charge in [-0.15, -0.1) is 0 Å². The van der Waals surface area contributed by atoms with Crippen molar-refractivity contribution in [3.63, 3.8) is 0 Å². The highest BCUT2D eigenvalue weighted by Crippen LogP contribution is 2.43. The van der Waals surface area contributed by atoms with Crippen LogP contribution in [0.3, 0.4) is 0 Å². The van der Waals surface area contributed by atoms with Crippen LogP contribution in [0, 0.1) is 6.92 Å². The van der Waals surface area contributed by atoms with E-state index in [9.17, 15) is 4.79 Å². The van der Waals surface area contributed by atoms with E-state index in [1.54, 1.807) is 6.92 Å². The van der Waals surface area contributed by atoms with E-state index < -0.39 is 0 Å². The predicted octanol–water partition coefficient (Wildman–Crippen LogP) is 5.67. The van der Waals surface area contributed by atoms with Gasteiger partial charge in [0.25, 0.3) is 0 Å². The van der Waals surface area contributed by atoms with Crippen LogP contribution in [0.15, 0.2) is 41.4 Å². The Morgan fingerprint density at radius 2 is 1.88 bits per heavy atom. The third-order valence-electron chi connectivity index (χ3n) is 5.65. The van der Waals surface area contributed by atoms with E-state index in [1.807, 2.05) is 30.5 Å². The molecule has 26 heavy (non-hydrogen) atoms. The van der Waals surface area contributed by atoms with Crippen LogP contribution in [0.1, 0.15) is 67.1 Å². The van der Waals surface area contributed by atoms with E-state index >= 15 is 0 Å². The number of benzene rings is 2. The fraction of sp³-hybridized carbons (Fsp3) is 0.391. The Bertz CT molecular complexity index is 863. The zero-order valence-electron chi connectivity index (χ0n) is 16.6. The van der Waals surface area contributed by atoms with Gasteiger partial charge < -0.3 is 4.90 Å². The van der Waals surface area contributed by atoms with Crippen molar-refractivity contribution in [2.24, 2.45) is 4.99 Å². The lowest BCUT2D eigenvalue weighted by molar-refractivity contribution is 0.101. The highest BCUT2D eigenvalue weighted by atomic mass is 16.1. The molecule has 0 aliphatic carbocycles. The molecule has 0 radical (unpaired) electrons. The number of aryl methyl sites for hydroxylation is 1. The van der Waals surface area contributed by atoms with Crippen molar-refractivity contribution in [2.75, 3.05) is 11.9 Å². The first-order valence-corrected chi connectivity index (χ1v) is 9.22. The number of aliphatic imine (C=N–C) groups is 1. The average Bonchev–Trinajstić information content (AvgIpc) is 2.58. The zero-order valence-corrected chi connectivity index (χ0v) is 16.6. The molecule has 2 aromatic carbocycles. The lowest BCUT2D eigenvalue weighted by Crippen LogP contribution is -2.45. The van der Waals surface area contributed by atoms with Crippen LogP contribution in [0.25, 0.3) is 0 Å². The summed E-state index contributed by atoms with van der Waals surface area (Å²) in [6, 6.07) is 12.0. The highest BCUT2D eigenvalue weighted by molar-refractivity contribution is 5.94. The summed E-state index contributed by atoms with van der Waals surface area (Å²) in [6.45, 7) is 10.6. The number of nitrogens with zero attached hydrogens (tertiary/aromatic N) is 2. The van der Waals surface area contributed by atoms with Gasteiger partial charge in [-0.2, -0.15) is 0 Å². The summed E-state index contributed by atoms with van der Waals surface area (Å²) in [7, 11) is 2.19. The third-order valence-corrected chi connectivity index (χ3v) is 5.65. The normalized spacial score (nSPS) is 18.8. The Labute approximate surface area is 156 Å². The smallest absolute Gasteiger partial charge is 0.159 e. The third kappa shape index (κ3) is 3.44. The maximum atomic E-state index is 11.4. The first-order valence-electron chi connectivity index (χ1n) is 9.22. The molecule has 1 aliphatic heterocycles. The Hall–Kier alpha value is -2.42. The predicted molar refractivity (Wildman–Crippen MR) is 110 cm³/mol. The van der Waals surface area contributed by atoms with Gasteiger partial charge in [0.1, 0.15) is 0 Å². The summed E-state index contributed by atoms with van der Waals surface area (Å²) in [4.78, 5) is 18.4. The van der Waals surface area contributed by atoms with E-state index in [1.165, 1.54) is 16.8 Å². The fourth-order valence-electron chi connectivity index (χ4n) is 3.80. The molecule has 0 saturated carbocycles. The van der Waals surface area contributed by atoms with Gasteiger partial charge in [-0.05, 0) is 93.1 Å². The molecule has 0 amide bonds. The number of rotatable bonds is 3. The van der Waals surface area contributed by atoms with Crippen LogP contribution in [-0.4, -0.2) is 24.6 Å². The Kier molecular flexibility index (Phi) is 4.74. The molecule has 3 rings (SSSR count). The van der Waals surface area contributed by atoms with Gasteiger partial charge in [0.05, 0.1) is 5.69 Å².